The predicted octanol–water partition coefficient (Wildman–Crippen LogP) is 6.05. The van der Waals surface area contributed by atoms with Gasteiger partial charge in [0.1, 0.15) is 0 Å². The van der Waals surface area contributed by atoms with Crippen LogP contribution in [0.2, 0.25) is 0 Å². The maximum atomic E-state index is 11.5. The van der Waals surface area contributed by atoms with Crippen molar-refractivity contribution in [2.75, 3.05) is 0 Å². The van der Waals surface area contributed by atoms with Crippen LogP contribution in [-0.4, -0.2) is 11.1 Å². The monoisotopic (exact) mass is 454 g/mol. The Balaban J connectivity index is 1.69. The number of hydrogen-bond donors (Lipinski definition) is 1. The quantitative estimate of drug-likeness (QED) is 0.334. The molecule has 0 unspecified atom stereocenters. The summed E-state index contributed by atoms with van der Waals surface area (Å²) in [5, 5.41) is 9.41. The van der Waals surface area contributed by atoms with Crippen molar-refractivity contribution in [1.82, 2.24) is 0 Å². The normalized spacial score (nSPS) is 13.2. The van der Waals surface area contributed by atoms with Gasteiger partial charge < -0.3 is 5.11 Å². The molecule has 0 spiro atoms. The number of carboxylic acids is 1. The van der Waals surface area contributed by atoms with E-state index in [-0.39, 0.29) is 0 Å². The summed E-state index contributed by atoms with van der Waals surface area (Å²) in [6.07, 6.45) is 1.78. The van der Waals surface area contributed by atoms with E-state index in [1.54, 1.807) is 6.07 Å². The average molecular weight is 456 g/mol. The third-order valence-electron chi connectivity index (χ3n) is 5.16. The molecule has 0 saturated heterocycles. The Bertz CT molecular complexity index is 1100. The molecule has 0 aromatic heterocycles. The molecule has 122 valence electrons. The topological polar surface area (TPSA) is 37.3 Å². The number of benzene rings is 3. The standard InChI is InChI=1S/C21H12Br2O2/c22-14-1-2-15-10(5-14)3-11-7-17-12(6-16(11)15)4-13-8-20(23)19(21(24)25)9-18(13)17/h1-2,5-9H,3-4H2,(H,24,25). The fourth-order valence-electron chi connectivity index (χ4n) is 4.04. The molecule has 0 atom stereocenters. The maximum Gasteiger partial charge on any atom is 0.336 e. The Morgan fingerprint density at radius 1 is 0.760 bits per heavy atom. The Kier molecular flexibility index (Phi) is 3.25. The molecule has 0 aliphatic heterocycles. The Morgan fingerprint density at radius 3 is 2.00 bits per heavy atom. The van der Waals surface area contributed by atoms with Crippen molar-refractivity contribution in [2.45, 2.75) is 12.8 Å². The van der Waals surface area contributed by atoms with Crippen LogP contribution in [-0.2, 0) is 12.8 Å². The molecule has 0 radical (unpaired) electrons. The molecule has 25 heavy (non-hydrogen) atoms. The van der Waals surface area contributed by atoms with Gasteiger partial charge in [0.2, 0.25) is 0 Å². The van der Waals surface area contributed by atoms with Gasteiger partial charge in [-0.1, -0.05) is 22.0 Å². The van der Waals surface area contributed by atoms with Crippen molar-refractivity contribution in [1.29, 1.82) is 0 Å². The van der Waals surface area contributed by atoms with E-state index in [4.69, 9.17) is 0 Å². The molecule has 2 aliphatic rings. The lowest BCUT2D eigenvalue weighted by Crippen LogP contribution is -1.98. The molecule has 2 nitrogen and oxygen atoms in total. The third kappa shape index (κ3) is 2.24. The van der Waals surface area contributed by atoms with Crippen molar-refractivity contribution < 1.29 is 9.90 Å². The first-order valence-corrected chi connectivity index (χ1v) is 9.60. The molecule has 3 aromatic carbocycles. The molecular formula is C21H12Br2O2. The van der Waals surface area contributed by atoms with E-state index < -0.39 is 5.97 Å². The third-order valence-corrected chi connectivity index (χ3v) is 6.31. The van der Waals surface area contributed by atoms with Gasteiger partial charge in [-0.25, -0.2) is 4.79 Å². The van der Waals surface area contributed by atoms with Gasteiger partial charge in [-0.15, -0.1) is 0 Å². The molecule has 3 aromatic rings. The summed E-state index contributed by atoms with van der Waals surface area (Å²) in [4.78, 5) is 11.5. The van der Waals surface area contributed by atoms with E-state index in [9.17, 15) is 9.90 Å². The van der Waals surface area contributed by atoms with E-state index in [1.165, 1.54) is 38.9 Å². The maximum absolute atomic E-state index is 11.5. The van der Waals surface area contributed by atoms with Gasteiger partial charge >= 0.3 is 5.97 Å². The lowest BCUT2D eigenvalue weighted by atomic mass is 9.97. The smallest absolute Gasteiger partial charge is 0.336 e. The van der Waals surface area contributed by atoms with E-state index in [1.807, 2.05) is 6.07 Å². The molecule has 0 amide bonds. The van der Waals surface area contributed by atoms with E-state index in [2.05, 4.69) is 62.2 Å². The summed E-state index contributed by atoms with van der Waals surface area (Å²) >= 11 is 6.94. The number of hydrogen-bond acceptors (Lipinski definition) is 1. The average Bonchev–Trinajstić information content (AvgIpc) is 3.07. The minimum absolute atomic E-state index is 0.319. The first-order valence-electron chi connectivity index (χ1n) is 8.02. The van der Waals surface area contributed by atoms with Gasteiger partial charge in [-0.2, -0.15) is 0 Å². The predicted molar refractivity (Wildman–Crippen MR) is 105 cm³/mol. The minimum Gasteiger partial charge on any atom is -0.478 e. The number of carbonyl (C=O) groups is 1. The van der Waals surface area contributed by atoms with Crippen LogP contribution in [0.3, 0.4) is 0 Å². The highest BCUT2D eigenvalue weighted by Gasteiger charge is 2.26. The Hall–Kier alpha value is -1.91. The number of carboxylic acid groups (broad SMARTS) is 1. The zero-order valence-electron chi connectivity index (χ0n) is 13.1. The summed E-state index contributed by atoms with van der Waals surface area (Å²) in [7, 11) is 0. The van der Waals surface area contributed by atoms with Gasteiger partial charge in [-0.3, -0.25) is 0 Å². The molecule has 1 N–H and O–H groups in total. The van der Waals surface area contributed by atoms with Gasteiger partial charge in [0.15, 0.2) is 0 Å². The van der Waals surface area contributed by atoms with E-state index >= 15 is 0 Å². The first-order chi connectivity index (χ1) is 12.0. The second kappa shape index (κ2) is 5.29. The van der Waals surface area contributed by atoms with Crippen molar-refractivity contribution in [3.63, 3.8) is 0 Å². The number of halogens is 2. The number of fused-ring (bicyclic) bond motifs is 6. The largest absolute Gasteiger partial charge is 0.478 e. The van der Waals surface area contributed by atoms with Crippen LogP contribution in [0.4, 0.5) is 0 Å². The highest BCUT2D eigenvalue weighted by Crippen LogP contribution is 2.46. The minimum atomic E-state index is -0.901. The first kappa shape index (κ1) is 15.4. The van der Waals surface area contributed by atoms with Crippen LogP contribution >= 0.6 is 31.9 Å². The zero-order chi connectivity index (χ0) is 17.3. The van der Waals surface area contributed by atoms with E-state index in [0.717, 1.165) is 22.9 Å². The highest BCUT2D eigenvalue weighted by molar-refractivity contribution is 9.10. The van der Waals surface area contributed by atoms with Gasteiger partial charge in [-0.05, 0) is 110 Å². The van der Waals surface area contributed by atoms with Crippen LogP contribution < -0.4 is 0 Å². The summed E-state index contributed by atoms with van der Waals surface area (Å²) in [6.45, 7) is 0. The second-order valence-corrected chi connectivity index (χ2v) is 8.39. The molecule has 5 rings (SSSR count). The van der Waals surface area contributed by atoms with Crippen LogP contribution in [0.1, 0.15) is 32.6 Å². The molecule has 0 fully saturated rings. The van der Waals surface area contributed by atoms with Gasteiger partial charge in [0, 0.05) is 8.95 Å². The fraction of sp³-hybridized carbons (Fsp3) is 0.0952. The molecule has 4 heteroatoms. The summed E-state index contributed by atoms with van der Waals surface area (Å²) in [5.41, 5.74) is 10.3. The van der Waals surface area contributed by atoms with Crippen LogP contribution in [0, 0.1) is 0 Å². The molecular weight excluding hydrogens is 444 g/mol. The van der Waals surface area contributed by atoms with Crippen molar-refractivity contribution >= 4 is 37.8 Å². The molecule has 2 aliphatic carbocycles. The summed E-state index contributed by atoms with van der Waals surface area (Å²) in [6, 6.07) is 14.8. The summed E-state index contributed by atoms with van der Waals surface area (Å²) in [5.74, 6) is -0.901. The van der Waals surface area contributed by atoms with Crippen LogP contribution in [0.15, 0.2) is 51.4 Å². The fourth-order valence-corrected chi connectivity index (χ4v) is 5.01. The lowest BCUT2D eigenvalue weighted by molar-refractivity contribution is 0.0696. The molecule has 0 saturated carbocycles. The Morgan fingerprint density at radius 2 is 1.32 bits per heavy atom. The van der Waals surface area contributed by atoms with Crippen LogP contribution in [0.5, 0.6) is 0 Å². The molecule has 0 bridgehead atoms. The van der Waals surface area contributed by atoms with Gasteiger partial charge in [0.25, 0.3) is 0 Å². The van der Waals surface area contributed by atoms with Crippen molar-refractivity contribution in [3.8, 4) is 22.3 Å². The Labute approximate surface area is 161 Å². The SMILES string of the molecule is O=C(O)c1cc2c(cc1Br)Cc1cc3c(cc1-2)Cc1cc(Br)ccc1-3. The number of rotatable bonds is 1. The second-order valence-electron chi connectivity index (χ2n) is 6.62. The van der Waals surface area contributed by atoms with Crippen molar-refractivity contribution in [3.05, 3.63) is 79.2 Å². The van der Waals surface area contributed by atoms with Gasteiger partial charge in [0.05, 0.1) is 5.56 Å². The number of aromatic carboxylic acids is 1. The van der Waals surface area contributed by atoms with Crippen LogP contribution in [0.25, 0.3) is 22.3 Å². The lowest BCUT2D eigenvalue weighted by Gasteiger charge is -2.07. The zero-order valence-corrected chi connectivity index (χ0v) is 16.2. The van der Waals surface area contributed by atoms with E-state index in [0.29, 0.717) is 10.0 Å². The van der Waals surface area contributed by atoms with Crippen molar-refractivity contribution in [2.24, 2.45) is 0 Å². The summed E-state index contributed by atoms with van der Waals surface area (Å²) < 4.78 is 1.75. The molecule has 0 heterocycles. The highest BCUT2D eigenvalue weighted by atomic mass is 79.9.